The average molecular weight is 383 g/mol. The number of tetrazole rings is 1. The van der Waals surface area contributed by atoms with E-state index in [-0.39, 0.29) is 12.5 Å². The molecule has 4 rings (SSSR count). The van der Waals surface area contributed by atoms with Crippen LogP contribution in [0.5, 0.6) is 0 Å². The predicted octanol–water partition coefficient (Wildman–Crippen LogP) is 3.06. The van der Waals surface area contributed by atoms with Gasteiger partial charge in [0.2, 0.25) is 5.91 Å². The van der Waals surface area contributed by atoms with E-state index in [2.05, 4.69) is 26.2 Å². The highest BCUT2D eigenvalue weighted by molar-refractivity contribution is 6.30. The van der Waals surface area contributed by atoms with Crippen molar-refractivity contribution in [3.8, 4) is 11.4 Å². The first kappa shape index (κ1) is 17.5. The molecule has 138 valence electrons. The molecule has 0 atom stereocenters. The molecule has 8 heteroatoms. The molecule has 0 aliphatic heterocycles. The first-order valence-electron chi connectivity index (χ1n) is 8.82. The molecule has 1 fully saturated rings. The molecule has 1 saturated carbocycles. The Balaban J connectivity index is 1.33. The molecule has 1 aliphatic carbocycles. The molecular formula is C19H19ClN6O. The number of halogens is 1. The summed E-state index contributed by atoms with van der Waals surface area (Å²) >= 11 is 5.86. The third-order valence-corrected chi connectivity index (χ3v) is 4.61. The van der Waals surface area contributed by atoms with Gasteiger partial charge >= 0.3 is 0 Å². The Labute approximate surface area is 161 Å². The summed E-state index contributed by atoms with van der Waals surface area (Å²) < 4.78 is 1.87. The number of hydrogen-bond acceptors (Lipinski definition) is 5. The van der Waals surface area contributed by atoms with Crippen LogP contribution in [0.25, 0.3) is 11.4 Å². The first-order valence-corrected chi connectivity index (χ1v) is 9.20. The van der Waals surface area contributed by atoms with Gasteiger partial charge in [-0.1, -0.05) is 35.9 Å². The second kappa shape index (κ2) is 7.75. The number of rotatable bonds is 7. The molecule has 1 aliphatic rings. The van der Waals surface area contributed by atoms with Crippen LogP contribution in [0, 0.1) is 0 Å². The van der Waals surface area contributed by atoms with Crippen molar-refractivity contribution in [3.63, 3.8) is 0 Å². The molecule has 2 N–H and O–H groups in total. The van der Waals surface area contributed by atoms with Gasteiger partial charge in [0.05, 0.1) is 12.6 Å². The zero-order chi connectivity index (χ0) is 18.6. The molecule has 1 heterocycles. The molecule has 0 spiro atoms. The molecule has 0 unspecified atom stereocenters. The van der Waals surface area contributed by atoms with E-state index in [1.165, 1.54) is 0 Å². The van der Waals surface area contributed by atoms with E-state index in [4.69, 9.17) is 11.6 Å². The number of anilines is 1. The number of carbonyl (C=O) groups excluding carboxylic acids is 1. The summed E-state index contributed by atoms with van der Waals surface area (Å²) in [5.41, 5.74) is 2.78. The van der Waals surface area contributed by atoms with Crippen LogP contribution in [0.15, 0.2) is 48.5 Å². The van der Waals surface area contributed by atoms with Crippen LogP contribution in [-0.4, -0.2) is 32.7 Å². The Morgan fingerprint density at radius 1 is 1.19 bits per heavy atom. The Hall–Kier alpha value is -2.93. The zero-order valence-corrected chi connectivity index (χ0v) is 15.4. The van der Waals surface area contributed by atoms with E-state index < -0.39 is 0 Å². The fourth-order valence-electron chi connectivity index (χ4n) is 2.76. The second-order valence-corrected chi connectivity index (χ2v) is 6.95. The lowest BCUT2D eigenvalue weighted by Crippen LogP contribution is -2.29. The lowest BCUT2D eigenvalue weighted by Gasteiger charge is -2.09. The number of aromatic nitrogens is 4. The summed E-state index contributed by atoms with van der Waals surface area (Å²) in [6.45, 7) is 0.651. The lowest BCUT2D eigenvalue weighted by atomic mass is 10.2. The largest absolute Gasteiger partial charge is 0.376 e. The van der Waals surface area contributed by atoms with Gasteiger partial charge in [0, 0.05) is 22.8 Å². The molecule has 0 saturated heterocycles. The van der Waals surface area contributed by atoms with Crippen molar-refractivity contribution in [1.29, 1.82) is 0 Å². The maximum atomic E-state index is 12.1. The van der Waals surface area contributed by atoms with Gasteiger partial charge < -0.3 is 10.6 Å². The summed E-state index contributed by atoms with van der Waals surface area (Å²) in [5.74, 6) is 0.673. The van der Waals surface area contributed by atoms with E-state index in [0.29, 0.717) is 17.6 Å². The molecule has 1 aromatic heterocycles. The Morgan fingerprint density at radius 3 is 2.78 bits per heavy atom. The summed E-state index contributed by atoms with van der Waals surface area (Å²) in [7, 11) is 0. The van der Waals surface area contributed by atoms with Crippen LogP contribution in [0.3, 0.4) is 0 Å². The number of benzene rings is 2. The predicted molar refractivity (Wildman–Crippen MR) is 103 cm³/mol. The van der Waals surface area contributed by atoms with Crippen molar-refractivity contribution < 1.29 is 4.79 Å². The van der Waals surface area contributed by atoms with Gasteiger partial charge in [-0.05, 0) is 53.1 Å². The van der Waals surface area contributed by atoms with E-state index in [9.17, 15) is 4.79 Å². The van der Waals surface area contributed by atoms with Crippen LogP contribution in [0.1, 0.15) is 24.4 Å². The highest BCUT2D eigenvalue weighted by Gasteiger charge is 2.28. The third kappa shape index (κ3) is 4.43. The molecule has 0 bridgehead atoms. The normalized spacial score (nSPS) is 13.4. The van der Waals surface area contributed by atoms with Crippen molar-refractivity contribution in [2.45, 2.75) is 25.4 Å². The fraction of sp³-hybridized carbons (Fsp3) is 0.263. The Kier molecular flexibility index (Phi) is 5.02. The Morgan fingerprint density at radius 2 is 2.00 bits per heavy atom. The van der Waals surface area contributed by atoms with Gasteiger partial charge in [-0.15, -0.1) is 5.10 Å². The fourth-order valence-corrected chi connectivity index (χ4v) is 2.89. The summed E-state index contributed by atoms with van der Waals surface area (Å²) in [6, 6.07) is 15.6. The van der Waals surface area contributed by atoms with E-state index in [1.807, 2.05) is 53.2 Å². The molecule has 3 aromatic rings. The lowest BCUT2D eigenvalue weighted by molar-refractivity contribution is -0.119. The number of carbonyl (C=O) groups is 1. The monoisotopic (exact) mass is 382 g/mol. The van der Waals surface area contributed by atoms with Crippen LogP contribution in [0.2, 0.25) is 5.02 Å². The van der Waals surface area contributed by atoms with Crippen molar-refractivity contribution >= 4 is 23.2 Å². The van der Waals surface area contributed by atoms with Gasteiger partial charge in [-0.25, -0.2) is 4.68 Å². The summed E-state index contributed by atoms with van der Waals surface area (Å²) in [4.78, 5) is 12.1. The number of nitrogens with one attached hydrogen (secondary N) is 2. The van der Waals surface area contributed by atoms with Crippen LogP contribution >= 0.6 is 11.6 Å². The van der Waals surface area contributed by atoms with Gasteiger partial charge in [-0.3, -0.25) is 4.79 Å². The Bertz CT molecular complexity index is 935. The number of hydrogen-bond donors (Lipinski definition) is 2. The molecule has 0 radical (unpaired) electrons. The van der Waals surface area contributed by atoms with Crippen molar-refractivity contribution in [2.75, 3.05) is 11.9 Å². The maximum Gasteiger partial charge on any atom is 0.239 e. The molecule has 27 heavy (non-hydrogen) atoms. The number of amides is 1. The molecular weight excluding hydrogens is 364 g/mol. The summed E-state index contributed by atoms with van der Waals surface area (Å²) in [6.07, 6.45) is 2.23. The minimum Gasteiger partial charge on any atom is -0.376 e. The second-order valence-electron chi connectivity index (χ2n) is 6.52. The highest BCUT2D eigenvalue weighted by atomic mass is 35.5. The van der Waals surface area contributed by atoms with Gasteiger partial charge in [0.1, 0.15) is 0 Å². The van der Waals surface area contributed by atoms with E-state index in [0.717, 1.165) is 35.5 Å². The number of nitrogens with zero attached hydrogens (tertiary/aromatic N) is 4. The van der Waals surface area contributed by atoms with Crippen LogP contribution in [-0.2, 0) is 11.3 Å². The van der Waals surface area contributed by atoms with E-state index >= 15 is 0 Å². The SMILES string of the molecule is O=C(CNc1cccc(-c2nnnn2C2CC2)c1)NCc1ccc(Cl)cc1. The minimum atomic E-state index is -0.0850. The standard InChI is InChI=1S/C19H19ClN6O/c20-15-6-4-13(5-7-15)11-22-18(27)12-21-16-3-1-2-14(10-16)19-23-24-25-26(19)17-8-9-17/h1-7,10,17,21H,8-9,11-12H2,(H,22,27). The minimum absolute atomic E-state index is 0.0850. The molecule has 1 amide bonds. The quantitative estimate of drug-likeness (QED) is 0.656. The highest BCUT2D eigenvalue weighted by Crippen LogP contribution is 2.36. The van der Waals surface area contributed by atoms with Gasteiger partial charge in [0.15, 0.2) is 5.82 Å². The maximum absolute atomic E-state index is 12.1. The molecule has 2 aromatic carbocycles. The summed E-state index contributed by atoms with van der Waals surface area (Å²) in [5, 5.41) is 18.7. The van der Waals surface area contributed by atoms with Gasteiger partial charge in [0.25, 0.3) is 0 Å². The topological polar surface area (TPSA) is 84.7 Å². The van der Waals surface area contributed by atoms with Crippen molar-refractivity contribution in [1.82, 2.24) is 25.5 Å². The van der Waals surface area contributed by atoms with Crippen LogP contribution < -0.4 is 10.6 Å². The first-order chi connectivity index (χ1) is 13.2. The van der Waals surface area contributed by atoms with Crippen LogP contribution in [0.4, 0.5) is 5.69 Å². The van der Waals surface area contributed by atoms with Crippen molar-refractivity contribution in [2.24, 2.45) is 0 Å². The third-order valence-electron chi connectivity index (χ3n) is 4.36. The average Bonchev–Trinajstić information content (AvgIpc) is 3.42. The molecule has 7 nitrogen and oxygen atoms in total. The van der Waals surface area contributed by atoms with Gasteiger partial charge in [-0.2, -0.15) is 0 Å². The van der Waals surface area contributed by atoms with Crippen molar-refractivity contribution in [3.05, 3.63) is 59.1 Å². The smallest absolute Gasteiger partial charge is 0.239 e. The van der Waals surface area contributed by atoms with E-state index in [1.54, 1.807) is 0 Å². The zero-order valence-electron chi connectivity index (χ0n) is 14.6.